The second-order valence-electron chi connectivity index (χ2n) is 8.01. The molecule has 1 saturated heterocycles. The molecule has 0 bridgehead atoms. The predicted octanol–water partition coefficient (Wildman–Crippen LogP) is 5.63. The lowest BCUT2D eigenvalue weighted by Gasteiger charge is -2.31. The summed E-state index contributed by atoms with van der Waals surface area (Å²) in [6.07, 6.45) is -2.86. The molecule has 5 nitrogen and oxygen atoms in total. The van der Waals surface area contributed by atoms with Crippen molar-refractivity contribution in [2.75, 3.05) is 43.5 Å². The van der Waals surface area contributed by atoms with Crippen LogP contribution in [-0.2, 0) is 0 Å². The van der Waals surface area contributed by atoms with Crippen molar-refractivity contribution in [3.8, 4) is 5.75 Å². The number of nitrogens with zero attached hydrogens (tertiary/aromatic N) is 2. The smallest absolute Gasteiger partial charge is 0.266 e. The molecule has 0 unspecified atom stereocenters. The molecule has 33 heavy (non-hydrogen) atoms. The number of halogens is 4. The maximum atomic E-state index is 14.7. The second-order valence-corrected chi connectivity index (χ2v) is 8.01. The first-order chi connectivity index (χ1) is 15.4. The zero-order valence-electron chi connectivity index (χ0n) is 18.8. The molecule has 9 heteroatoms. The van der Waals surface area contributed by atoms with E-state index in [2.05, 4.69) is 20.5 Å². The van der Waals surface area contributed by atoms with Gasteiger partial charge in [0.1, 0.15) is 11.6 Å². The molecule has 0 radical (unpaired) electrons. The number of fused-ring (bicyclic) bond motifs is 1. The van der Waals surface area contributed by atoms with Crippen molar-refractivity contribution in [1.82, 2.24) is 10.3 Å². The van der Waals surface area contributed by atoms with Crippen molar-refractivity contribution in [2.45, 2.75) is 26.3 Å². The maximum Gasteiger partial charge on any atom is 0.266 e. The summed E-state index contributed by atoms with van der Waals surface area (Å²) in [6, 6.07) is 9.42. The number of aryl methyl sites for hydroxylation is 1. The summed E-state index contributed by atoms with van der Waals surface area (Å²) in [5.41, 5.74) is 2.87. The van der Waals surface area contributed by atoms with Gasteiger partial charge in [0.15, 0.2) is 0 Å². The van der Waals surface area contributed by atoms with Gasteiger partial charge in [-0.1, -0.05) is 18.2 Å². The lowest BCUT2D eigenvalue weighted by atomic mass is 10.0. The number of hydrogen-bond donors (Lipinski definition) is 2. The Hall–Kier alpha value is -2.71. The molecule has 1 aromatic heterocycles. The number of benzene rings is 2. The first-order valence-electron chi connectivity index (χ1n) is 10.7. The maximum absolute atomic E-state index is 14.7. The highest BCUT2D eigenvalue weighted by atomic mass is 35.5. The third-order valence-corrected chi connectivity index (χ3v) is 5.83. The average Bonchev–Trinajstić information content (AvgIpc) is 2.78. The van der Waals surface area contributed by atoms with E-state index in [4.69, 9.17) is 4.74 Å². The molecule has 4 rings (SSSR count). The Morgan fingerprint density at radius 1 is 1.12 bits per heavy atom. The van der Waals surface area contributed by atoms with Crippen LogP contribution in [0.1, 0.15) is 36.2 Å². The standard InChI is InChI=1S/C24H27F3N4O.ClH/c1-14-11-19(30-15(2)16-5-4-6-17(23(16)25)24(26)27)18-12-21(31-9-7-28-8-10-31)22(32-3)13-20(18)29-14;/h4-6,11-13,15,24,28H,7-10H2,1-3H3,(H,29,30);1H/t15-;/m1./s1. The molecule has 1 fully saturated rings. The van der Waals surface area contributed by atoms with E-state index in [0.717, 1.165) is 66.0 Å². The molecule has 2 heterocycles. The number of aromatic nitrogens is 1. The summed E-state index contributed by atoms with van der Waals surface area (Å²) in [6.45, 7) is 7.11. The van der Waals surface area contributed by atoms with Crippen LogP contribution in [0.2, 0.25) is 0 Å². The number of anilines is 2. The first-order valence-corrected chi connectivity index (χ1v) is 10.7. The van der Waals surface area contributed by atoms with Crippen LogP contribution in [0.3, 0.4) is 0 Å². The molecule has 1 aliphatic heterocycles. The van der Waals surface area contributed by atoms with E-state index >= 15 is 0 Å². The summed E-state index contributed by atoms with van der Waals surface area (Å²) in [5, 5.41) is 7.53. The Bertz CT molecular complexity index is 1120. The number of alkyl halides is 2. The normalized spacial score (nSPS) is 14.8. The predicted molar refractivity (Wildman–Crippen MR) is 129 cm³/mol. The summed E-state index contributed by atoms with van der Waals surface area (Å²) in [5.74, 6) is -0.132. The molecule has 2 N–H and O–H groups in total. The van der Waals surface area contributed by atoms with Crippen molar-refractivity contribution in [2.24, 2.45) is 0 Å². The first kappa shape index (κ1) is 24.9. The number of hydrogen-bond acceptors (Lipinski definition) is 5. The van der Waals surface area contributed by atoms with Gasteiger partial charge < -0.3 is 20.3 Å². The second kappa shape index (κ2) is 10.5. The summed E-state index contributed by atoms with van der Waals surface area (Å²) in [7, 11) is 1.64. The van der Waals surface area contributed by atoms with Crippen molar-refractivity contribution >= 4 is 34.7 Å². The van der Waals surface area contributed by atoms with E-state index in [1.54, 1.807) is 14.0 Å². The molecule has 1 aliphatic rings. The van der Waals surface area contributed by atoms with Crippen LogP contribution in [0.25, 0.3) is 10.9 Å². The molecule has 0 aliphatic carbocycles. The monoisotopic (exact) mass is 480 g/mol. The number of methoxy groups -OCH3 is 1. The number of pyridine rings is 1. The molecule has 178 valence electrons. The third kappa shape index (κ3) is 5.12. The van der Waals surface area contributed by atoms with E-state index in [9.17, 15) is 13.2 Å². The highest BCUT2D eigenvalue weighted by Crippen LogP contribution is 2.37. The number of piperazine rings is 1. The Labute approximate surface area is 197 Å². The van der Waals surface area contributed by atoms with Gasteiger partial charge in [-0.15, -0.1) is 12.4 Å². The fourth-order valence-corrected chi connectivity index (χ4v) is 4.19. The molecular formula is C24H28ClF3N4O. The molecule has 0 spiro atoms. The Kier molecular flexibility index (Phi) is 7.92. The SMILES string of the molecule is COc1cc2nc(C)cc(N[C@H](C)c3cccc(C(F)F)c3F)c2cc1N1CCNCC1.Cl. The minimum atomic E-state index is -2.86. The van der Waals surface area contributed by atoms with Crippen LogP contribution in [-0.4, -0.2) is 38.3 Å². The van der Waals surface area contributed by atoms with Gasteiger partial charge in [0.05, 0.1) is 29.9 Å². The zero-order chi connectivity index (χ0) is 22.8. The third-order valence-electron chi connectivity index (χ3n) is 5.83. The van der Waals surface area contributed by atoms with Crippen LogP contribution >= 0.6 is 12.4 Å². The Morgan fingerprint density at radius 2 is 1.82 bits per heavy atom. The van der Waals surface area contributed by atoms with Gasteiger partial charge >= 0.3 is 0 Å². The van der Waals surface area contributed by atoms with Gasteiger partial charge in [-0.3, -0.25) is 4.98 Å². The van der Waals surface area contributed by atoms with Crippen LogP contribution < -0.4 is 20.3 Å². The quantitative estimate of drug-likeness (QED) is 0.478. The van der Waals surface area contributed by atoms with Gasteiger partial charge in [0, 0.05) is 54.6 Å². The molecule has 3 aromatic rings. The summed E-state index contributed by atoms with van der Waals surface area (Å²) < 4.78 is 46.7. The van der Waals surface area contributed by atoms with Crippen molar-refractivity contribution in [3.05, 3.63) is 59.0 Å². The molecule has 0 saturated carbocycles. The Balaban J connectivity index is 0.00000306. The molecule has 2 aromatic carbocycles. The van der Waals surface area contributed by atoms with E-state index in [-0.39, 0.29) is 18.0 Å². The average molecular weight is 481 g/mol. The number of rotatable bonds is 6. The highest BCUT2D eigenvalue weighted by Gasteiger charge is 2.21. The van der Waals surface area contributed by atoms with Crippen LogP contribution in [0, 0.1) is 12.7 Å². The van der Waals surface area contributed by atoms with Gasteiger partial charge in [-0.25, -0.2) is 13.2 Å². The van der Waals surface area contributed by atoms with Crippen LogP contribution in [0.4, 0.5) is 24.5 Å². The van der Waals surface area contributed by atoms with Crippen molar-refractivity contribution in [1.29, 1.82) is 0 Å². The Morgan fingerprint density at radius 3 is 2.48 bits per heavy atom. The van der Waals surface area contributed by atoms with E-state index < -0.39 is 23.8 Å². The van der Waals surface area contributed by atoms with Crippen molar-refractivity contribution < 1.29 is 17.9 Å². The molecule has 1 atom stereocenters. The fourth-order valence-electron chi connectivity index (χ4n) is 4.19. The van der Waals surface area contributed by atoms with Gasteiger partial charge in [0.25, 0.3) is 6.43 Å². The lowest BCUT2D eigenvalue weighted by Crippen LogP contribution is -2.43. The minimum absolute atomic E-state index is 0. The number of nitrogens with one attached hydrogen (secondary N) is 2. The topological polar surface area (TPSA) is 49.4 Å². The van der Waals surface area contributed by atoms with Crippen LogP contribution in [0.15, 0.2) is 36.4 Å². The minimum Gasteiger partial charge on any atom is -0.495 e. The number of ether oxygens (including phenoxy) is 1. The van der Waals surface area contributed by atoms with Crippen molar-refractivity contribution in [3.63, 3.8) is 0 Å². The summed E-state index contributed by atoms with van der Waals surface area (Å²) >= 11 is 0. The largest absolute Gasteiger partial charge is 0.495 e. The highest BCUT2D eigenvalue weighted by molar-refractivity contribution is 5.96. The van der Waals surface area contributed by atoms with Crippen LogP contribution in [0.5, 0.6) is 5.75 Å². The van der Waals surface area contributed by atoms with Gasteiger partial charge in [-0.05, 0) is 26.0 Å². The zero-order valence-corrected chi connectivity index (χ0v) is 19.6. The van der Waals surface area contributed by atoms with E-state index in [1.165, 1.54) is 12.1 Å². The van der Waals surface area contributed by atoms with E-state index in [1.807, 2.05) is 25.1 Å². The molecule has 0 amide bonds. The lowest BCUT2D eigenvalue weighted by molar-refractivity contribution is 0.146. The van der Waals surface area contributed by atoms with E-state index in [0.29, 0.717) is 0 Å². The summed E-state index contributed by atoms with van der Waals surface area (Å²) in [4.78, 5) is 6.90. The fraction of sp³-hybridized carbons (Fsp3) is 0.375. The van der Waals surface area contributed by atoms with Gasteiger partial charge in [-0.2, -0.15) is 0 Å². The van der Waals surface area contributed by atoms with Gasteiger partial charge in [0.2, 0.25) is 0 Å². The molecular weight excluding hydrogens is 453 g/mol.